The van der Waals surface area contributed by atoms with Crippen LogP contribution in [0.25, 0.3) is 0 Å². The molecule has 122 valence electrons. The molecule has 0 bridgehead atoms. The van der Waals surface area contributed by atoms with E-state index in [2.05, 4.69) is 10.2 Å². The van der Waals surface area contributed by atoms with Gasteiger partial charge in [-0.3, -0.25) is 4.90 Å². The van der Waals surface area contributed by atoms with Gasteiger partial charge in [-0.1, -0.05) is 12.8 Å². The first-order chi connectivity index (χ1) is 9.85. The average molecular weight is 297 g/mol. The third-order valence-corrected chi connectivity index (χ3v) is 4.50. The van der Waals surface area contributed by atoms with Crippen molar-refractivity contribution in [2.24, 2.45) is 5.73 Å². The number of rotatable bonds is 2. The number of nitrogens with one attached hydrogen (secondary N) is 1. The zero-order valence-corrected chi connectivity index (χ0v) is 13.7. The lowest BCUT2D eigenvalue weighted by Gasteiger charge is -2.42. The predicted octanol–water partition coefficient (Wildman–Crippen LogP) is 2.25. The number of carbonyl (C=O) groups excluding carboxylic acids is 1. The summed E-state index contributed by atoms with van der Waals surface area (Å²) in [7, 11) is 0. The van der Waals surface area contributed by atoms with Crippen LogP contribution in [0.4, 0.5) is 4.79 Å². The fraction of sp³-hybridized carbons (Fsp3) is 0.938. The Labute approximate surface area is 128 Å². The summed E-state index contributed by atoms with van der Waals surface area (Å²) >= 11 is 0. The van der Waals surface area contributed by atoms with Gasteiger partial charge in [-0.15, -0.1) is 0 Å². The van der Waals surface area contributed by atoms with Gasteiger partial charge in [0, 0.05) is 31.2 Å². The number of hydrogen-bond acceptors (Lipinski definition) is 4. The van der Waals surface area contributed by atoms with Gasteiger partial charge in [-0.25, -0.2) is 4.79 Å². The van der Waals surface area contributed by atoms with E-state index in [9.17, 15) is 4.79 Å². The van der Waals surface area contributed by atoms with E-state index >= 15 is 0 Å². The quantitative estimate of drug-likeness (QED) is 0.820. The maximum atomic E-state index is 11.8. The molecule has 0 aromatic rings. The smallest absolute Gasteiger partial charge is 0.407 e. The van der Waals surface area contributed by atoms with Crippen molar-refractivity contribution in [3.63, 3.8) is 0 Å². The molecule has 1 saturated heterocycles. The van der Waals surface area contributed by atoms with Crippen molar-refractivity contribution >= 4 is 6.09 Å². The predicted molar refractivity (Wildman–Crippen MR) is 84.2 cm³/mol. The molecule has 1 saturated carbocycles. The molecular weight excluding hydrogens is 266 g/mol. The number of nitrogens with two attached hydrogens (primary N) is 1. The van der Waals surface area contributed by atoms with Crippen molar-refractivity contribution in [1.29, 1.82) is 0 Å². The normalized spacial score (nSPS) is 29.1. The highest BCUT2D eigenvalue weighted by atomic mass is 16.6. The molecule has 5 nitrogen and oxygen atoms in total. The van der Waals surface area contributed by atoms with Crippen molar-refractivity contribution in [3.05, 3.63) is 0 Å². The van der Waals surface area contributed by atoms with Crippen LogP contribution in [0, 0.1) is 0 Å². The van der Waals surface area contributed by atoms with Crippen LogP contribution in [0.2, 0.25) is 0 Å². The first-order valence-corrected chi connectivity index (χ1v) is 8.34. The van der Waals surface area contributed by atoms with Crippen molar-refractivity contribution in [1.82, 2.24) is 10.2 Å². The van der Waals surface area contributed by atoms with Crippen LogP contribution in [0.15, 0.2) is 0 Å². The molecule has 1 heterocycles. The Balaban J connectivity index is 1.74. The second-order valence-electron chi connectivity index (χ2n) is 7.47. The molecule has 2 unspecified atom stereocenters. The molecule has 3 N–H and O–H groups in total. The van der Waals surface area contributed by atoms with Gasteiger partial charge >= 0.3 is 6.09 Å². The Morgan fingerprint density at radius 2 is 1.76 bits per heavy atom. The van der Waals surface area contributed by atoms with Gasteiger partial charge in [0.2, 0.25) is 0 Å². The van der Waals surface area contributed by atoms with Gasteiger partial charge in [-0.2, -0.15) is 0 Å². The van der Waals surface area contributed by atoms with E-state index in [0.717, 1.165) is 32.4 Å². The fourth-order valence-electron chi connectivity index (χ4n) is 3.44. The summed E-state index contributed by atoms with van der Waals surface area (Å²) < 4.78 is 5.32. The Morgan fingerprint density at radius 3 is 2.33 bits per heavy atom. The molecular formula is C16H31N3O2. The number of nitrogens with zero attached hydrogens (tertiary/aromatic N) is 1. The highest BCUT2D eigenvalue weighted by molar-refractivity contribution is 5.68. The zero-order chi connectivity index (χ0) is 15.5. The number of amides is 1. The first-order valence-electron chi connectivity index (χ1n) is 8.34. The highest BCUT2D eigenvalue weighted by Crippen LogP contribution is 2.25. The number of likely N-dealkylation sites (tertiary alicyclic amines) is 1. The van der Waals surface area contributed by atoms with Crippen LogP contribution < -0.4 is 11.1 Å². The van der Waals surface area contributed by atoms with E-state index in [0.29, 0.717) is 12.1 Å². The van der Waals surface area contributed by atoms with Crippen LogP contribution in [0.5, 0.6) is 0 Å². The molecule has 0 aromatic carbocycles. The van der Waals surface area contributed by atoms with E-state index in [4.69, 9.17) is 10.5 Å². The maximum absolute atomic E-state index is 11.8. The van der Waals surface area contributed by atoms with Crippen LogP contribution in [0.3, 0.4) is 0 Å². The van der Waals surface area contributed by atoms with E-state index < -0.39 is 5.60 Å². The Bertz CT molecular complexity index is 346. The number of piperidine rings is 1. The molecule has 2 rings (SSSR count). The molecule has 2 atom stereocenters. The van der Waals surface area contributed by atoms with E-state index in [1.807, 2.05) is 20.8 Å². The number of ether oxygens (including phenoxy) is 1. The van der Waals surface area contributed by atoms with Crippen LogP contribution in [-0.2, 0) is 4.74 Å². The summed E-state index contributed by atoms with van der Waals surface area (Å²) in [5.74, 6) is 0. The van der Waals surface area contributed by atoms with Crippen LogP contribution in [0.1, 0.15) is 59.3 Å². The number of alkyl carbamates (subject to hydrolysis) is 1. The molecule has 2 aliphatic rings. The van der Waals surface area contributed by atoms with Gasteiger partial charge in [0.1, 0.15) is 5.60 Å². The molecule has 2 fully saturated rings. The third kappa shape index (κ3) is 5.15. The molecule has 0 aromatic heterocycles. The summed E-state index contributed by atoms with van der Waals surface area (Å²) in [5, 5.41) is 2.99. The highest BCUT2D eigenvalue weighted by Gasteiger charge is 2.31. The SMILES string of the molecule is CC(C)(C)OC(=O)NC1CCN(C2CCCCC2N)CC1. The van der Waals surface area contributed by atoms with Crippen LogP contribution >= 0.6 is 0 Å². The Hall–Kier alpha value is -0.810. The lowest BCUT2D eigenvalue weighted by Crippen LogP contribution is -2.54. The van der Waals surface area contributed by atoms with Crippen molar-refractivity contribution in [2.75, 3.05) is 13.1 Å². The second kappa shape index (κ2) is 6.97. The van der Waals surface area contributed by atoms with Gasteiger partial charge in [0.25, 0.3) is 0 Å². The van der Waals surface area contributed by atoms with E-state index in [-0.39, 0.29) is 12.1 Å². The molecule has 1 aliphatic heterocycles. The molecule has 0 spiro atoms. The first kappa shape index (κ1) is 16.6. The summed E-state index contributed by atoms with van der Waals surface area (Å²) in [6.07, 6.45) is 6.63. The summed E-state index contributed by atoms with van der Waals surface area (Å²) in [5.41, 5.74) is 5.83. The maximum Gasteiger partial charge on any atom is 0.407 e. The molecule has 1 amide bonds. The van der Waals surface area contributed by atoms with E-state index in [1.165, 1.54) is 19.3 Å². The van der Waals surface area contributed by atoms with Gasteiger partial charge in [0.05, 0.1) is 0 Å². The minimum absolute atomic E-state index is 0.232. The molecule has 0 radical (unpaired) electrons. The lowest BCUT2D eigenvalue weighted by molar-refractivity contribution is 0.0452. The van der Waals surface area contributed by atoms with Gasteiger partial charge in [-0.05, 0) is 46.5 Å². The van der Waals surface area contributed by atoms with Crippen molar-refractivity contribution in [3.8, 4) is 0 Å². The summed E-state index contributed by atoms with van der Waals surface area (Å²) in [4.78, 5) is 14.3. The Kier molecular flexibility index (Phi) is 5.49. The monoisotopic (exact) mass is 297 g/mol. The zero-order valence-electron chi connectivity index (χ0n) is 13.7. The standard InChI is InChI=1S/C16H31N3O2/c1-16(2,3)21-15(20)18-12-8-10-19(11-9-12)14-7-5-4-6-13(14)17/h12-14H,4-11,17H2,1-3H3,(H,18,20). The summed E-state index contributed by atoms with van der Waals surface area (Å²) in [6.45, 7) is 7.72. The fourth-order valence-corrected chi connectivity index (χ4v) is 3.44. The van der Waals surface area contributed by atoms with E-state index in [1.54, 1.807) is 0 Å². The van der Waals surface area contributed by atoms with Crippen molar-refractivity contribution in [2.45, 2.75) is 83.0 Å². The minimum Gasteiger partial charge on any atom is -0.444 e. The van der Waals surface area contributed by atoms with Crippen LogP contribution in [-0.4, -0.2) is 47.8 Å². The minimum atomic E-state index is -0.431. The second-order valence-corrected chi connectivity index (χ2v) is 7.47. The van der Waals surface area contributed by atoms with Gasteiger partial charge < -0.3 is 15.8 Å². The molecule has 5 heteroatoms. The van der Waals surface area contributed by atoms with Gasteiger partial charge in [0.15, 0.2) is 0 Å². The number of hydrogen-bond donors (Lipinski definition) is 2. The summed E-state index contributed by atoms with van der Waals surface area (Å²) in [6, 6.07) is 1.10. The van der Waals surface area contributed by atoms with Crippen molar-refractivity contribution < 1.29 is 9.53 Å². The lowest BCUT2D eigenvalue weighted by atomic mass is 9.88. The largest absolute Gasteiger partial charge is 0.444 e. The molecule has 1 aliphatic carbocycles. The average Bonchev–Trinajstić information content (AvgIpc) is 2.38. The Morgan fingerprint density at radius 1 is 1.14 bits per heavy atom. The number of carbonyl (C=O) groups is 1. The topological polar surface area (TPSA) is 67.6 Å². The third-order valence-electron chi connectivity index (χ3n) is 4.50. The molecule has 21 heavy (non-hydrogen) atoms.